The molecule has 0 aliphatic carbocycles. The van der Waals surface area contributed by atoms with Crippen molar-refractivity contribution < 1.29 is 19.7 Å². The molecule has 44 heavy (non-hydrogen) atoms. The molecular weight excluding hydrogens is 572 g/mol. The smallest absolute Gasteiger partial charge is 0.269 e. The van der Waals surface area contributed by atoms with Crippen molar-refractivity contribution >= 4 is 22.7 Å². The first-order chi connectivity index (χ1) is 21.1. The lowest BCUT2D eigenvalue weighted by Crippen LogP contribution is -2.34. The molecule has 14 nitrogen and oxygen atoms in total. The van der Waals surface area contributed by atoms with Gasteiger partial charge in [-0.2, -0.15) is 0 Å². The Labute approximate surface area is 251 Å². The number of nitrogens with zero attached hydrogens (tertiary/aromatic N) is 6. The molecule has 4 rings (SSSR count). The summed E-state index contributed by atoms with van der Waals surface area (Å²) in [6, 6.07) is 25.0. The van der Waals surface area contributed by atoms with E-state index in [0.29, 0.717) is 39.3 Å². The summed E-state index contributed by atoms with van der Waals surface area (Å²) in [4.78, 5) is 46.8. The maximum Gasteiger partial charge on any atom is 0.269 e. The van der Waals surface area contributed by atoms with Gasteiger partial charge in [0.05, 0.1) is 19.7 Å². The van der Waals surface area contributed by atoms with Gasteiger partial charge in [-0.15, -0.1) is 0 Å². The Balaban J connectivity index is 1.55. The van der Waals surface area contributed by atoms with Crippen LogP contribution in [0.3, 0.4) is 0 Å². The predicted octanol–water partition coefficient (Wildman–Crippen LogP) is 6.02. The van der Waals surface area contributed by atoms with Gasteiger partial charge in [0.15, 0.2) is 0 Å². The second-order valence-corrected chi connectivity index (χ2v) is 10.1. The van der Waals surface area contributed by atoms with Crippen molar-refractivity contribution in [2.45, 2.75) is 26.2 Å². The SMILES string of the molecule is O=[N+]([O-])c1ccc(CN(CCN(Cc2ccc([N+](=O)[O-])cc2)Cc2ccc([N+](=O)[O-])cc2)Cc2ccc([N+](=O)[O-])cc2)cc1. The molecule has 0 bridgehead atoms. The summed E-state index contributed by atoms with van der Waals surface area (Å²) in [5, 5.41) is 44.4. The van der Waals surface area contributed by atoms with Gasteiger partial charge in [0.2, 0.25) is 0 Å². The van der Waals surface area contributed by atoms with Gasteiger partial charge in [-0.1, -0.05) is 48.5 Å². The van der Waals surface area contributed by atoms with Gasteiger partial charge in [-0.05, 0) is 22.3 Å². The second-order valence-electron chi connectivity index (χ2n) is 10.1. The third-order valence-corrected chi connectivity index (χ3v) is 6.95. The largest absolute Gasteiger partial charge is 0.294 e. The topological polar surface area (TPSA) is 179 Å². The van der Waals surface area contributed by atoms with Crippen LogP contribution in [-0.4, -0.2) is 42.6 Å². The van der Waals surface area contributed by atoms with Gasteiger partial charge in [0.25, 0.3) is 22.7 Å². The van der Waals surface area contributed by atoms with Crippen LogP contribution in [0.2, 0.25) is 0 Å². The summed E-state index contributed by atoms with van der Waals surface area (Å²) < 4.78 is 0. The highest BCUT2D eigenvalue weighted by Gasteiger charge is 2.16. The van der Waals surface area contributed by atoms with Crippen molar-refractivity contribution in [3.8, 4) is 0 Å². The van der Waals surface area contributed by atoms with Gasteiger partial charge in [0.1, 0.15) is 0 Å². The fourth-order valence-electron chi connectivity index (χ4n) is 4.64. The van der Waals surface area contributed by atoms with Crippen molar-refractivity contribution in [2.75, 3.05) is 13.1 Å². The molecule has 0 N–H and O–H groups in total. The van der Waals surface area contributed by atoms with Gasteiger partial charge in [-0.3, -0.25) is 50.3 Å². The number of rotatable bonds is 15. The van der Waals surface area contributed by atoms with Crippen LogP contribution in [0.15, 0.2) is 97.1 Å². The lowest BCUT2D eigenvalue weighted by atomic mass is 10.1. The van der Waals surface area contributed by atoms with Gasteiger partial charge < -0.3 is 0 Å². The van der Waals surface area contributed by atoms with Crippen LogP contribution in [0.1, 0.15) is 22.3 Å². The summed E-state index contributed by atoms with van der Waals surface area (Å²) >= 11 is 0. The standard InChI is InChI=1S/C30H28N6O8/c37-33(38)27-9-1-23(2-10-27)19-31(20-24-3-11-28(12-4-24)34(39)40)17-18-32(21-25-5-13-29(14-6-25)35(41)42)22-26-7-15-30(16-8-26)36(43)44/h1-16H,17-22H2. The van der Waals surface area contributed by atoms with E-state index in [4.69, 9.17) is 0 Å². The second kappa shape index (κ2) is 14.5. The van der Waals surface area contributed by atoms with Crippen molar-refractivity contribution in [3.63, 3.8) is 0 Å². The molecule has 0 aromatic heterocycles. The third kappa shape index (κ3) is 8.95. The fourth-order valence-corrected chi connectivity index (χ4v) is 4.64. The average Bonchev–Trinajstić information content (AvgIpc) is 3.00. The molecule has 0 unspecified atom stereocenters. The lowest BCUT2D eigenvalue weighted by molar-refractivity contribution is -0.385. The molecule has 0 atom stereocenters. The zero-order valence-electron chi connectivity index (χ0n) is 23.4. The van der Waals surface area contributed by atoms with Crippen LogP contribution in [0.4, 0.5) is 22.7 Å². The molecule has 0 radical (unpaired) electrons. The summed E-state index contributed by atoms with van der Waals surface area (Å²) in [7, 11) is 0. The predicted molar refractivity (Wildman–Crippen MR) is 161 cm³/mol. The molecule has 0 aliphatic heterocycles. The summed E-state index contributed by atoms with van der Waals surface area (Å²) in [5.74, 6) is 0. The van der Waals surface area contributed by atoms with E-state index in [1.54, 1.807) is 48.5 Å². The first kappa shape index (κ1) is 31.3. The van der Waals surface area contributed by atoms with E-state index in [-0.39, 0.29) is 22.7 Å². The van der Waals surface area contributed by atoms with E-state index in [0.717, 1.165) is 22.3 Å². The molecule has 4 aromatic rings. The van der Waals surface area contributed by atoms with Crippen molar-refractivity contribution in [1.29, 1.82) is 0 Å². The maximum absolute atomic E-state index is 11.1. The van der Waals surface area contributed by atoms with E-state index >= 15 is 0 Å². The lowest BCUT2D eigenvalue weighted by Gasteiger charge is -2.28. The van der Waals surface area contributed by atoms with Crippen LogP contribution in [0.5, 0.6) is 0 Å². The molecular formula is C30H28N6O8. The van der Waals surface area contributed by atoms with Gasteiger partial charge in [-0.25, -0.2) is 0 Å². The molecule has 0 saturated carbocycles. The van der Waals surface area contributed by atoms with Gasteiger partial charge in [0, 0.05) is 87.8 Å². The Morgan fingerprint density at radius 2 is 0.545 bits per heavy atom. The first-order valence-corrected chi connectivity index (χ1v) is 13.5. The van der Waals surface area contributed by atoms with Crippen LogP contribution < -0.4 is 0 Å². The highest BCUT2D eigenvalue weighted by molar-refractivity contribution is 5.35. The Bertz CT molecular complexity index is 1370. The summed E-state index contributed by atoms with van der Waals surface area (Å²) in [5.41, 5.74) is 3.29. The molecule has 0 aliphatic rings. The zero-order chi connectivity index (χ0) is 31.6. The zero-order valence-corrected chi connectivity index (χ0v) is 23.4. The maximum atomic E-state index is 11.1. The Hall–Kier alpha value is -5.60. The van der Waals surface area contributed by atoms with E-state index in [1.807, 2.05) is 0 Å². The number of hydrogen-bond donors (Lipinski definition) is 0. The Kier molecular flexibility index (Phi) is 10.3. The molecule has 0 spiro atoms. The van der Waals surface area contributed by atoms with Crippen molar-refractivity contribution in [2.24, 2.45) is 0 Å². The molecule has 14 heteroatoms. The fraction of sp³-hybridized carbons (Fsp3) is 0.200. The first-order valence-electron chi connectivity index (χ1n) is 13.5. The number of benzene rings is 4. The molecule has 0 heterocycles. The monoisotopic (exact) mass is 600 g/mol. The van der Waals surface area contributed by atoms with E-state index in [1.165, 1.54) is 48.5 Å². The third-order valence-electron chi connectivity index (χ3n) is 6.95. The minimum absolute atomic E-state index is 0.0203. The summed E-state index contributed by atoms with van der Waals surface area (Å²) in [6.45, 7) is 2.81. The molecule has 0 fully saturated rings. The minimum Gasteiger partial charge on any atom is -0.294 e. The highest BCUT2D eigenvalue weighted by Crippen LogP contribution is 2.20. The quantitative estimate of drug-likeness (QED) is 0.116. The number of nitro groups is 4. The number of hydrogen-bond acceptors (Lipinski definition) is 10. The number of nitro benzene ring substituents is 4. The van der Waals surface area contributed by atoms with Crippen LogP contribution in [0, 0.1) is 40.5 Å². The van der Waals surface area contributed by atoms with Crippen LogP contribution in [0.25, 0.3) is 0 Å². The Morgan fingerprint density at radius 1 is 0.364 bits per heavy atom. The normalized spacial score (nSPS) is 11.0. The number of non-ortho nitro benzene ring substituents is 4. The Morgan fingerprint density at radius 3 is 0.705 bits per heavy atom. The van der Waals surface area contributed by atoms with E-state index in [2.05, 4.69) is 9.80 Å². The average molecular weight is 601 g/mol. The van der Waals surface area contributed by atoms with E-state index in [9.17, 15) is 40.5 Å². The minimum atomic E-state index is -0.466. The highest BCUT2D eigenvalue weighted by atomic mass is 16.6. The molecule has 226 valence electrons. The van der Waals surface area contributed by atoms with E-state index < -0.39 is 19.7 Å². The molecule has 4 aromatic carbocycles. The molecule has 0 saturated heterocycles. The van der Waals surface area contributed by atoms with Crippen molar-refractivity contribution in [1.82, 2.24) is 9.80 Å². The van der Waals surface area contributed by atoms with Crippen molar-refractivity contribution in [3.05, 3.63) is 160 Å². The van der Waals surface area contributed by atoms with Gasteiger partial charge >= 0.3 is 0 Å². The van der Waals surface area contributed by atoms with Crippen LogP contribution >= 0.6 is 0 Å². The molecule has 0 amide bonds. The van der Waals surface area contributed by atoms with Crippen LogP contribution in [-0.2, 0) is 26.2 Å². The summed E-state index contributed by atoms with van der Waals surface area (Å²) in [6.07, 6.45) is 0.